The van der Waals surface area contributed by atoms with Crippen LogP contribution in [0.15, 0.2) is 54.1 Å². The van der Waals surface area contributed by atoms with E-state index in [1.165, 1.54) is 5.56 Å². The van der Waals surface area contributed by atoms with Gasteiger partial charge in [0.2, 0.25) is 0 Å². The molecular formula is C18H16N3+. The zero-order valence-corrected chi connectivity index (χ0v) is 12.1. The first-order chi connectivity index (χ1) is 10.1. The maximum absolute atomic E-state index is 9.40. The number of nitrogens with zero attached hydrogens (tertiary/aromatic N) is 2. The van der Waals surface area contributed by atoms with Gasteiger partial charge in [0.15, 0.2) is 11.6 Å². The highest BCUT2D eigenvalue weighted by molar-refractivity contribution is 5.85. The molecule has 1 aliphatic rings. The highest BCUT2D eigenvalue weighted by Gasteiger charge is 2.42. The van der Waals surface area contributed by atoms with Crippen LogP contribution in [-0.2, 0) is 0 Å². The molecule has 0 radical (unpaired) electrons. The lowest BCUT2D eigenvalue weighted by Gasteiger charge is -2.42. The smallest absolute Gasteiger partial charge is 0.164 e. The van der Waals surface area contributed by atoms with Crippen LogP contribution in [0.2, 0.25) is 0 Å². The minimum atomic E-state index is -0.196. The van der Waals surface area contributed by atoms with Crippen molar-refractivity contribution in [3.63, 3.8) is 0 Å². The van der Waals surface area contributed by atoms with E-state index in [4.69, 9.17) is 5.41 Å². The molecular weight excluding hydrogens is 258 g/mol. The number of fused-ring (bicyclic) bond motifs is 3. The van der Waals surface area contributed by atoms with Crippen molar-refractivity contribution in [2.24, 2.45) is 0 Å². The third-order valence-corrected chi connectivity index (χ3v) is 4.24. The number of nitriles is 1. The fourth-order valence-corrected chi connectivity index (χ4v) is 3.31. The van der Waals surface area contributed by atoms with E-state index < -0.39 is 0 Å². The van der Waals surface area contributed by atoms with Crippen LogP contribution in [0.3, 0.4) is 0 Å². The second kappa shape index (κ2) is 4.71. The number of likely N-dealkylation sites (N-methyl/N-ethyl adjacent to an activating group) is 1. The monoisotopic (exact) mass is 274 g/mol. The minimum Gasteiger partial charge on any atom is -0.284 e. The van der Waals surface area contributed by atoms with Crippen molar-refractivity contribution < 1.29 is 0 Å². The first-order valence-electron chi connectivity index (χ1n) is 6.83. The van der Waals surface area contributed by atoms with Crippen LogP contribution in [0, 0.1) is 16.7 Å². The lowest BCUT2D eigenvalue weighted by molar-refractivity contribution is 0.334. The fourth-order valence-electron chi connectivity index (χ4n) is 3.31. The van der Waals surface area contributed by atoms with E-state index in [1.807, 2.05) is 30.3 Å². The molecule has 1 atom stereocenters. The Hall–Kier alpha value is -2.66. The lowest BCUT2D eigenvalue weighted by atomic mass is 9.84. The maximum atomic E-state index is 9.40. The molecule has 0 aromatic heterocycles. The van der Waals surface area contributed by atoms with Crippen molar-refractivity contribution in [1.82, 2.24) is 4.48 Å². The van der Waals surface area contributed by atoms with Crippen LogP contribution < -0.4 is 4.48 Å². The number of nitrogens with one attached hydrogen (secondary N) is 1. The van der Waals surface area contributed by atoms with Gasteiger partial charge in [0.1, 0.15) is 11.8 Å². The van der Waals surface area contributed by atoms with Crippen molar-refractivity contribution >= 4 is 11.6 Å². The third-order valence-electron chi connectivity index (χ3n) is 4.24. The molecule has 102 valence electrons. The topological polar surface area (TPSA) is 47.6 Å². The van der Waals surface area contributed by atoms with E-state index >= 15 is 0 Å². The summed E-state index contributed by atoms with van der Waals surface area (Å²) < 4.78 is 0.516. The molecule has 2 aromatic rings. The highest BCUT2D eigenvalue weighted by Crippen LogP contribution is 2.49. The highest BCUT2D eigenvalue weighted by atomic mass is 15.3. The summed E-state index contributed by atoms with van der Waals surface area (Å²) in [5.41, 5.74) is 4.93. The zero-order valence-electron chi connectivity index (χ0n) is 12.1. The van der Waals surface area contributed by atoms with Gasteiger partial charge < -0.3 is 0 Å². The van der Waals surface area contributed by atoms with Crippen molar-refractivity contribution in [1.29, 1.82) is 10.7 Å². The second-order valence-corrected chi connectivity index (χ2v) is 5.70. The molecule has 1 aliphatic heterocycles. The maximum Gasteiger partial charge on any atom is 0.164 e. The molecule has 1 heterocycles. The Labute approximate surface area is 124 Å². The Morgan fingerprint density at radius 2 is 1.67 bits per heavy atom. The van der Waals surface area contributed by atoms with Crippen LogP contribution >= 0.6 is 0 Å². The quantitative estimate of drug-likeness (QED) is 0.481. The predicted octanol–water partition coefficient (Wildman–Crippen LogP) is 3.67. The first kappa shape index (κ1) is 13.3. The molecule has 3 heteroatoms. The van der Waals surface area contributed by atoms with Gasteiger partial charge in [-0.15, -0.1) is 0 Å². The summed E-state index contributed by atoms with van der Waals surface area (Å²) in [4.78, 5) is 0. The van der Waals surface area contributed by atoms with Crippen LogP contribution in [0.1, 0.15) is 11.6 Å². The van der Waals surface area contributed by atoms with Gasteiger partial charge in [-0.1, -0.05) is 36.4 Å². The van der Waals surface area contributed by atoms with Crippen molar-refractivity contribution in [2.45, 2.75) is 6.04 Å². The summed E-state index contributed by atoms with van der Waals surface area (Å²) in [7, 11) is 4.16. The SMILES string of the molecule is C[N+]1(C)c2ccccc2-c2ccccc2C1C(=C=N)C#N. The second-order valence-electron chi connectivity index (χ2n) is 5.70. The fraction of sp³-hybridized carbons (Fsp3) is 0.167. The van der Waals surface area contributed by atoms with Crippen LogP contribution in [0.25, 0.3) is 11.1 Å². The van der Waals surface area contributed by atoms with Gasteiger partial charge in [0.05, 0.1) is 14.1 Å². The van der Waals surface area contributed by atoms with Crippen LogP contribution in [-0.4, -0.2) is 20.0 Å². The number of rotatable bonds is 1. The molecule has 0 fully saturated rings. The number of benzene rings is 2. The average Bonchev–Trinajstić information content (AvgIpc) is 2.51. The van der Waals surface area contributed by atoms with Gasteiger partial charge >= 0.3 is 0 Å². The van der Waals surface area contributed by atoms with Crippen LogP contribution in [0.4, 0.5) is 5.69 Å². The van der Waals surface area contributed by atoms with Crippen molar-refractivity contribution in [3.8, 4) is 17.2 Å². The van der Waals surface area contributed by atoms with E-state index in [9.17, 15) is 5.26 Å². The molecule has 21 heavy (non-hydrogen) atoms. The Morgan fingerprint density at radius 3 is 2.33 bits per heavy atom. The predicted molar refractivity (Wildman–Crippen MR) is 85.1 cm³/mol. The molecule has 1 unspecified atom stereocenters. The molecule has 0 aliphatic carbocycles. The van der Waals surface area contributed by atoms with E-state index in [2.05, 4.69) is 44.2 Å². The summed E-state index contributed by atoms with van der Waals surface area (Å²) in [6, 6.07) is 18.3. The average molecular weight is 274 g/mol. The normalized spacial score (nSPS) is 17.9. The Bertz CT molecular complexity index is 805. The summed E-state index contributed by atoms with van der Waals surface area (Å²) in [5.74, 6) is 2.34. The Kier molecular flexibility index (Phi) is 2.99. The van der Waals surface area contributed by atoms with Crippen molar-refractivity contribution in [3.05, 3.63) is 59.7 Å². The van der Waals surface area contributed by atoms with Gasteiger partial charge in [-0.05, 0) is 23.6 Å². The van der Waals surface area contributed by atoms with Gasteiger partial charge in [-0.25, -0.2) is 0 Å². The van der Waals surface area contributed by atoms with Gasteiger partial charge in [-0.2, -0.15) is 5.26 Å². The Morgan fingerprint density at radius 1 is 1.05 bits per heavy atom. The molecule has 0 amide bonds. The zero-order chi connectivity index (χ0) is 15.0. The molecule has 0 saturated heterocycles. The van der Waals surface area contributed by atoms with Gasteiger partial charge in [0.25, 0.3) is 0 Å². The van der Waals surface area contributed by atoms with Crippen molar-refractivity contribution in [2.75, 3.05) is 14.1 Å². The largest absolute Gasteiger partial charge is 0.284 e. The first-order valence-corrected chi connectivity index (χ1v) is 6.83. The van der Waals surface area contributed by atoms with Crippen LogP contribution in [0.5, 0.6) is 0 Å². The summed E-state index contributed by atoms with van der Waals surface area (Å²) in [5, 5.41) is 16.9. The number of hydrogen-bond donors (Lipinski definition) is 1. The van der Waals surface area contributed by atoms with Gasteiger partial charge in [-0.3, -0.25) is 9.89 Å². The molecule has 3 nitrogen and oxygen atoms in total. The molecule has 3 rings (SSSR count). The number of para-hydroxylation sites is 1. The van der Waals surface area contributed by atoms with E-state index in [0.717, 1.165) is 16.8 Å². The van der Waals surface area contributed by atoms with E-state index in [-0.39, 0.29) is 6.04 Å². The molecule has 0 bridgehead atoms. The summed E-state index contributed by atoms with van der Waals surface area (Å²) >= 11 is 0. The third kappa shape index (κ3) is 1.82. The molecule has 0 spiro atoms. The summed E-state index contributed by atoms with van der Waals surface area (Å²) in [6.07, 6.45) is 0. The van der Waals surface area contributed by atoms with E-state index in [0.29, 0.717) is 10.1 Å². The molecule has 0 saturated carbocycles. The standard InChI is InChI=1S/C18H16N3/c1-21(2)17-10-6-5-8-15(17)14-7-3-4-9-16(14)18(21)13(11-19)12-20/h3-10,18-19H,1-2H3/q+1. The van der Waals surface area contributed by atoms with E-state index in [1.54, 1.807) is 0 Å². The Balaban J connectivity index is 2.40. The number of hydrogen-bond acceptors (Lipinski definition) is 2. The van der Waals surface area contributed by atoms with Gasteiger partial charge in [0, 0.05) is 11.1 Å². The lowest BCUT2D eigenvalue weighted by Crippen LogP contribution is -2.47. The summed E-state index contributed by atoms with van der Waals surface area (Å²) in [6.45, 7) is 0. The molecule has 2 aromatic carbocycles. The molecule has 1 N–H and O–H groups in total. The minimum absolute atomic E-state index is 0.196. The number of quaternary nitrogens is 1.